The fraction of sp³-hybridized carbons (Fsp3) is 0.481. The third kappa shape index (κ3) is 5.79. The van der Waals surface area contributed by atoms with Crippen LogP contribution in [0.5, 0.6) is 0 Å². The van der Waals surface area contributed by atoms with Gasteiger partial charge in [0.15, 0.2) is 5.82 Å². The summed E-state index contributed by atoms with van der Waals surface area (Å²) in [5.41, 5.74) is 0.477. The molecule has 3 saturated carbocycles. The number of amides is 2. The van der Waals surface area contributed by atoms with Crippen LogP contribution < -0.4 is 21.3 Å². The van der Waals surface area contributed by atoms with Crippen molar-refractivity contribution in [2.45, 2.75) is 69.1 Å². The Bertz CT molecular complexity index is 1320. The zero-order chi connectivity index (χ0) is 27.0. The van der Waals surface area contributed by atoms with Gasteiger partial charge in [0.25, 0.3) is 0 Å². The minimum atomic E-state index is -4.46. The van der Waals surface area contributed by atoms with Crippen LogP contribution in [0, 0.1) is 11.8 Å². The van der Waals surface area contributed by atoms with Crippen molar-refractivity contribution in [2.24, 2.45) is 11.8 Å². The van der Waals surface area contributed by atoms with Crippen LogP contribution in [0.1, 0.15) is 62.1 Å². The molecule has 3 aliphatic rings. The predicted molar refractivity (Wildman–Crippen MR) is 141 cm³/mol. The standard InChI is InChI=1S/C27H31F3N8O/c28-27(29,30)18-6-3-7-19(13-18)32-26(39)34-21-12-16-10-17(21)11-20(16)33-25-31-9-8-23(36-25)35-24-14-22(37-38-24)15-4-1-2-5-15/h3,6-9,13-17,20-21H,1-2,4-5,10-12H2,(H2,32,34,39)(H3,31,33,35,36,37,38)/t16-,17-,20-,21-/m0/s1. The second kappa shape index (κ2) is 10.4. The van der Waals surface area contributed by atoms with Crippen LogP contribution >= 0.6 is 0 Å². The number of rotatable bonds is 7. The highest BCUT2D eigenvalue weighted by molar-refractivity contribution is 5.89. The number of fused-ring (bicyclic) bond motifs is 2. The summed E-state index contributed by atoms with van der Waals surface area (Å²) >= 11 is 0. The molecule has 3 aromatic rings. The highest BCUT2D eigenvalue weighted by atomic mass is 19.4. The van der Waals surface area contributed by atoms with Crippen molar-refractivity contribution in [3.63, 3.8) is 0 Å². The number of urea groups is 1. The Morgan fingerprint density at radius 3 is 2.54 bits per heavy atom. The first kappa shape index (κ1) is 25.4. The maximum Gasteiger partial charge on any atom is 0.416 e. The summed E-state index contributed by atoms with van der Waals surface area (Å²) in [5.74, 6) is 3.10. The van der Waals surface area contributed by atoms with E-state index in [1.165, 1.54) is 37.8 Å². The Morgan fingerprint density at radius 1 is 0.974 bits per heavy atom. The number of nitrogens with zero attached hydrogens (tertiary/aromatic N) is 3. The van der Waals surface area contributed by atoms with Crippen LogP contribution in [-0.4, -0.2) is 38.3 Å². The number of carbonyl (C=O) groups is 1. The minimum Gasteiger partial charge on any atom is -0.351 e. The maximum absolute atomic E-state index is 13.0. The van der Waals surface area contributed by atoms with Gasteiger partial charge in [-0.3, -0.25) is 5.10 Å². The Labute approximate surface area is 223 Å². The van der Waals surface area contributed by atoms with Gasteiger partial charge in [-0.2, -0.15) is 23.3 Å². The highest BCUT2D eigenvalue weighted by Gasteiger charge is 2.46. The number of carbonyl (C=O) groups excluding carboxylic acids is 1. The van der Waals surface area contributed by atoms with E-state index >= 15 is 0 Å². The van der Waals surface area contributed by atoms with Gasteiger partial charge in [0, 0.05) is 41.6 Å². The first-order valence-corrected chi connectivity index (χ1v) is 13.5. The van der Waals surface area contributed by atoms with Crippen LogP contribution in [-0.2, 0) is 6.18 Å². The third-order valence-corrected chi connectivity index (χ3v) is 8.24. The van der Waals surface area contributed by atoms with E-state index < -0.39 is 17.8 Å². The molecular formula is C27H31F3N8O. The summed E-state index contributed by atoms with van der Waals surface area (Å²) in [7, 11) is 0. The molecule has 12 heteroatoms. The van der Waals surface area contributed by atoms with Crippen molar-refractivity contribution < 1.29 is 18.0 Å². The molecule has 0 aliphatic heterocycles. The number of hydrogen-bond acceptors (Lipinski definition) is 6. The lowest BCUT2D eigenvalue weighted by Crippen LogP contribution is -2.44. The molecule has 5 N–H and O–H groups in total. The van der Waals surface area contributed by atoms with Crippen LogP contribution in [0.3, 0.4) is 0 Å². The zero-order valence-corrected chi connectivity index (χ0v) is 21.3. The zero-order valence-electron chi connectivity index (χ0n) is 21.3. The van der Waals surface area contributed by atoms with E-state index in [4.69, 9.17) is 0 Å². The third-order valence-electron chi connectivity index (χ3n) is 8.24. The lowest BCUT2D eigenvalue weighted by Gasteiger charge is -2.29. The SMILES string of the molecule is O=C(Nc1cccc(C(F)(F)F)c1)N[C@H]1C[C@@H]2C[C@H]1C[C@@H]2Nc1nccc(Nc2cc(C3CCCC3)[nH]n2)n1. The highest BCUT2D eigenvalue weighted by Crippen LogP contribution is 2.45. The monoisotopic (exact) mass is 540 g/mol. The number of aromatic nitrogens is 4. The van der Waals surface area contributed by atoms with Crippen molar-refractivity contribution in [3.05, 3.63) is 53.9 Å². The molecule has 206 valence electrons. The molecule has 6 rings (SSSR count). The van der Waals surface area contributed by atoms with E-state index in [-0.39, 0.29) is 23.7 Å². The number of hydrogen-bond donors (Lipinski definition) is 5. The molecule has 4 atom stereocenters. The molecule has 0 spiro atoms. The molecule has 0 unspecified atom stereocenters. The summed E-state index contributed by atoms with van der Waals surface area (Å²) in [4.78, 5) is 21.5. The van der Waals surface area contributed by atoms with Crippen LogP contribution in [0.2, 0.25) is 0 Å². The fourth-order valence-electron chi connectivity index (χ4n) is 6.38. The molecule has 39 heavy (non-hydrogen) atoms. The van der Waals surface area contributed by atoms with E-state index in [2.05, 4.69) is 47.5 Å². The molecule has 0 saturated heterocycles. The Morgan fingerprint density at radius 2 is 1.77 bits per heavy atom. The van der Waals surface area contributed by atoms with Gasteiger partial charge in [-0.05, 0) is 68.2 Å². The van der Waals surface area contributed by atoms with Crippen molar-refractivity contribution in [3.8, 4) is 0 Å². The molecule has 2 bridgehead atoms. The minimum absolute atomic E-state index is 0.0264. The lowest BCUT2D eigenvalue weighted by molar-refractivity contribution is -0.137. The van der Waals surface area contributed by atoms with E-state index in [1.54, 1.807) is 12.3 Å². The lowest BCUT2D eigenvalue weighted by atomic mass is 9.91. The number of aromatic amines is 1. The molecule has 1 aromatic carbocycles. The Hall–Kier alpha value is -3.83. The smallest absolute Gasteiger partial charge is 0.351 e. The average molecular weight is 541 g/mol. The van der Waals surface area contributed by atoms with Gasteiger partial charge in [0.05, 0.1) is 5.56 Å². The van der Waals surface area contributed by atoms with Gasteiger partial charge in [-0.1, -0.05) is 18.9 Å². The number of benzene rings is 1. The molecule has 3 fully saturated rings. The number of H-pyrrole nitrogens is 1. The summed E-state index contributed by atoms with van der Waals surface area (Å²) in [6.45, 7) is 0. The summed E-state index contributed by atoms with van der Waals surface area (Å²) in [5, 5.41) is 19.7. The predicted octanol–water partition coefficient (Wildman–Crippen LogP) is 6.02. The van der Waals surface area contributed by atoms with Gasteiger partial charge in [0.1, 0.15) is 5.82 Å². The first-order valence-electron chi connectivity index (χ1n) is 13.5. The molecule has 2 aromatic heterocycles. The molecule has 3 aliphatic carbocycles. The molecule has 0 radical (unpaired) electrons. The van der Waals surface area contributed by atoms with Crippen molar-refractivity contribution in [2.75, 3.05) is 16.0 Å². The first-order chi connectivity index (χ1) is 18.8. The van der Waals surface area contributed by atoms with Gasteiger partial charge >= 0.3 is 12.2 Å². The van der Waals surface area contributed by atoms with Gasteiger partial charge in [-0.15, -0.1) is 0 Å². The van der Waals surface area contributed by atoms with Gasteiger partial charge < -0.3 is 21.3 Å². The van der Waals surface area contributed by atoms with E-state index in [9.17, 15) is 18.0 Å². The number of anilines is 4. The van der Waals surface area contributed by atoms with E-state index in [1.807, 2.05) is 0 Å². The van der Waals surface area contributed by atoms with Crippen molar-refractivity contribution in [1.29, 1.82) is 0 Å². The molecule has 2 heterocycles. The quantitative estimate of drug-likeness (QED) is 0.250. The van der Waals surface area contributed by atoms with Crippen molar-refractivity contribution >= 4 is 29.3 Å². The molecular weight excluding hydrogens is 509 g/mol. The summed E-state index contributed by atoms with van der Waals surface area (Å²) < 4.78 is 38.9. The topological polar surface area (TPSA) is 120 Å². The maximum atomic E-state index is 13.0. The number of halogens is 3. The molecule has 2 amide bonds. The Kier molecular flexibility index (Phi) is 6.78. The van der Waals surface area contributed by atoms with E-state index in [0.717, 1.165) is 42.9 Å². The Balaban J connectivity index is 1.00. The normalized spacial score (nSPS) is 24.6. The second-order valence-electron chi connectivity index (χ2n) is 10.8. The van der Waals surface area contributed by atoms with Gasteiger partial charge in [0.2, 0.25) is 5.95 Å². The fourth-order valence-corrected chi connectivity index (χ4v) is 6.38. The van der Waals surface area contributed by atoms with Crippen LogP contribution in [0.25, 0.3) is 0 Å². The summed E-state index contributed by atoms with van der Waals surface area (Å²) in [6.07, 6.45) is 4.77. The largest absolute Gasteiger partial charge is 0.416 e. The molecule has 9 nitrogen and oxygen atoms in total. The second-order valence-corrected chi connectivity index (χ2v) is 10.8. The average Bonchev–Trinajstić information content (AvgIpc) is 3.69. The number of nitrogens with one attached hydrogen (secondary N) is 5. The van der Waals surface area contributed by atoms with Crippen molar-refractivity contribution in [1.82, 2.24) is 25.5 Å². The van der Waals surface area contributed by atoms with Gasteiger partial charge in [-0.25, -0.2) is 9.78 Å². The van der Waals surface area contributed by atoms with E-state index in [0.29, 0.717) is 23.6 Å². The number of alkyl halides is 3. The summed E-state index contributed by atoms with van der Waals surface area (Å²) in [6, 6.07) is 8.16. The van der Waals surface area contributed by atoms with Crippen LogP contribution in [0.4, 0.5) is 41.2 Å². The van der Waals surface area contributed by atoms with Crippen LogP contribution in [0.15, 0.2) is 42.6 Å².